The standard InChI is InChI=1S/C20H33N3O5S/c1-5-13-11-20(13,18(26)22-29(27,28)14-8-9-14)21-17(25)15-7-6-10-23(15)16(24)12-19(2,3)4/h13-15H,5-12H2,1-4H3,(H,21,25)(H,22,26)/t13-,15+,20-/m1/s1. The number of nitrogens with one attached hydrogen (secondary N) is 2. The van der Waals surface area contributed by atoms with Crippen LogP contribution in [0.25, 0.3) is 0 Å². The van der Waals surface area contributed by atoms with Crippen LogP contribution in [0.3, 0.4) is 0 Å². The van der Waals surface area contributed by atoms with Crippen LogP contribution in [0.1, 0.15) is 72.6 Å². The van der Waals surface area contributed by atoms with E-state index in [2.05, 4.69) is 10.0 Å². The number of rotatable bonds is 7. The fourth-order valence-electron chi connectivity index (χ4n) is 4.19. The zero-order valence-corrected chi connectivity index (χ0v) is 18.6. The molecule has 2 aliphatic carbocycles. The molecule has 0 aromatic rings. The van der Waals surface area contributed by atoms with Crippen molar-refractivity contribution in [3.8, 4) is 0 Å². The Bertz CT molecular complexity index is 799. The molecule has 3 amide bonds. The van der Waals surface area contributed by atoms with E-state index in [1.165, 1.54) is 0 Å². The Morgan fingerprint density at radius 2 is 1.79 bits per heavy atom. The number of carbonyl (C=O) groups is 3. The summed E-state index contributed by atoms with van der Waals surface area (Å²) in [5.41, 5.74) is -1.36. The lowest BCUT2D eigenvalue weighted by Crippen LogP contribution is -2.56. The van der Waals surface area contributed by atoms with E-state index in [9.17, 15) is 22.8 Å². The molecule has 0 unspecified atom stereocenters. The highest BCUT2D eigenvalue weighted by atomic mass is 32.2. The summed E-state index contributed by atoms with van der Waals surface area (Å²) in [6.07, 6.45) is 3.84. The molecular formula is C20H33N3O5S. The number of hydrogen-bond donors (Lipinski definition) is 2. The summed E-state index contributed by atoms with van der Waals surface area (Å²) in [6, 6.07) is -0.604. The van der Waals surface area contributed by atoms with Crippen LogP contribution in [-0.2, 0) is 24.4 Å². The molecule has 1 saturated heterocycles. The minimum atomic E-state index is -3.68. The average molecular weight is 428 g/mol. The van der Waals surface area contributed by atoms with Gasteiger partial charge in [0.2, 0.25) is 21.8 Å². The predicted octanol–water partition coefficient (Wildman–Crippen LogP) is 1.31. The third kappa shape index (κ3) is 4.75. The number of amides is 3. The highest BCUT2D eigenvalue weighted by molar-refractivity contribution is 7.91. The van der Waals surface area contributed by atoms with E-state index in [1.807, 2.05) is 27.7 Å². The maximum Gasteiger partial charge on any atom is 0.259 e. The van der Waals surface area contributed by atoms with Gasteiger partial charge in [-0.05, 0) is 43.4 Å². The third-order valence-electron chi connectivity index (χ3n) is 6.10. The second-order valence-corrected chi connectivity index (χ2v) is 11.9. The molecule has 164 valence electrons. The highest BCUT2D eigenvalue weighted by Gasteiger charge is 2.61. The summed E-state index contributed by atoms with van der Waals surface area (Å²) in [7, 11) is -3.68. The number of carbonyl (C=O) groups excluding carboxylic acids is 3. The number of hydrogen-bond acceptors (Lipinski definition) is 5. The second-order valence-electron chi connectivity index (χ2n) is 9.93. The Balaban J connectivity index is 1.69. The summed E-state index contributed by atoms with van der Waals surface area (Å²) in [5, 5.41) is 2.33. The molecule has 1 aliphatic heterocycles. The van der Waals surface area contributed by atoms with E-state index in [0.29, 0.717) is 45.1 Å². The van der Waals surface area contributed by atoms with Gasteiger partial charge in [-0.2, -0.15) is 0 Å². The van der Waals surface area contributed by atoms with Crippen LogP contribution in [-0.4, -0.2) is 54.4 Å². The summed E-state index contributed by atoms with van der Waals surface area (Å²) in [5.74, 6) is -1.16. The van der Waals surface area contributed by atoms with E-state index in [-0.39, 0.29) is 23.1 Å². The summed E-state index contributed by atoms with van der Waals surface area (Å²) >= 11 is 0. The molecule has 3 atom stereocenters. The molecule has 29 heavy (non-hydrogen) atoms. The molecule has 8 nitrogen and oxygen atoms in total. The molecule has 0 bridgehead atoms. The van der Waals surface area contributed by atoms with Crippen LogP contribution >= 0.6 is 0 Å². The van der Waals surface area contributed by atoms with Gasteiger partial charge in [-0.15, -0.1) is 0 Å². The number of likely N-dealkylation sites (tertiary alicyclic amines) is 1. The zero-order chi connectivity index (χ0) is 21.6. The minimum absolute atomic E-state index is 0.0622. The molecule has 0 spiro atoms. The summed E-state index contributed by atoms with van der Waals surface area (Å²) < 4.78 is 26.6. The molecule has 3 aliphatic rings. The SMILES string of the molecule is CC[C@@H]1C[C@]1(NC(=O)[C@@H]1CCCN1C(=O)CC(C)(C)C)C(=O)NS(=O)(=O)C1CC1. The van der Waals surface area contributed by atoms with Crippen LogP contribution in [0.15, 0.2) is 0 Å². The van der Waals surface area contributed by atoms with Gasteiger partial charge in [0.25, 0.3) is 5.91 Å². The molecule has 2 saturated carbocycles. The van der Waals surface area contributed by atoms with Crippen molar-refractivity contribution in [3.63, 3.8) is 0 Å². The fourth-order valence-corrected chi connectivity index (χ4v) is 5.55. The van der Waals surface area contributed by atoms with Gasteiger partial charge in [-0.3, -0.25) is 19.1 Å². The van der Waals surface area contributed by atoms with Gasteiger partial charge >= 0.3 is 0 Å². The third-order valence-corrected chi connectivity index (χ3v) is 7.92. The Morgan fingerprint density at radius 1 is 1.14 bits per heavy atom. The van der Waals surface area contributed by atoms with Crippen LogP contribution < -0.4 is 10.0 Å². The van der Waals surface area contributed by atoms with E-state index in [1.54, 1.807) is 4.90 Å². The Hall–Kier alpha value is -1.64. The van der Waals surface area contributed by atoms with Crippen LogP contribution in [0.2, 0.25) is 0 Å². The molecule has 0 radical (unpaired) electrons. The van der Waals surface area contributed by atoms with Crippen LogP contribution in [0.5, 0.6) is 0 Å². The van der Waals surface area contributed by atoms with Crippen LogP contribution in [0, 0.1) is 11.3 Å². The van der Waals surface area contributed by atoms with Gasteiger partial charge in [0.05, 0.1) is 5.25 Å². The van der Waals surface area contributed by atoms with Gasteiger partial charge in [0.15, 0.2) is 0 Å². The first kappa shape index (κ1) is 22.1. The van der Waals surface area contributed by atoms with Crippen LogP contribution in [0.4, 0.5) is 0 Å². The van der Waals surface area contributed by atoms with Crippen molar-refractivity contribution < 1.29 is 22.8 Å². The zero-order valence-electron chi connectivity index (χ0n) is 17.8. The first-order valence-electron chi connectivity index (χ1n) is 10.6. The van der Waals surface area contributed by atoms with Gasteiger partial charge in [-0.25, -0.2) is 8.42 Å². The van der Waals surface area contributed by atoms with Crippen molar-refractivity contribution in [2.75, 3.05) is 6.54 Å². The lowest BCUT2D eigenvalue weighted by molar-refractivity contribution is -0.141. The first-order chi connectivity index (χ1) is 13.4. The second kappa shape index (κ2) is 7.56. The molecule has 0 aromatic heterocycles. The molecular weight excluding hydrogens is 394 g/mol. The highest BCUT2D eigenvalue weighted by Crippen LogP contribution is 2.46. The topological polar surface area (TPSA) is 113 Å². The van der Waals surface area contributed by atoms with Gasteiger partial charge in [0, 0.05) is 13.0 Å². The Labute approximate surface area is 173 Å². The summed E-state index contributed by atoms with van der Waals surface area (Å²) in [4.78, 5) is 40.1. The molecule has 3 fully saturated rings. The lowest BCUT2D eigenvalue weighted by Gasteiger charge is -2.29. The van der Waals surface area contributed by atoms with Gasteiger partial charge in [0.1, 0.15) is 11.6 Å². The van der Waals surface area contributed by atoms with Gasteiger partial charge in [-0.1, -0.05) is 34.1 Å². The predicted molar refractivity (Wildman–Crippen MR) is 108 cm³/mol. The Kier molecular flexibility index (Phi) is 5.75. The average Bonchev–Trinajstić information content (AvgIpc) is 3.50. The van der Waals surface area contributed by atoms with E-state index in [4.69, 9.17) is 0 Å². The Morgan fingerprint density at radius 3 is 2.31 bits per heavy atom. The molecule has 1 heterocycles. The molecule has 2 N–H and O–H groups in total. The largest absolute Gasteiger partial charge is 0.340 e. The molecule has 0 aromatic carbocycles. The van der Waals surface area contributed by atoms with E-state index < -0.39 is 32.8 Å². The van der Waals surface area contributed by atoms with Gasteiger partial charge < -0.3 is 10.2 Å². The van der Waals surface area contributed by atoms with Crippen molar-refractivity contribution in [2.24, 2.45) is 11.3 Å². The lowest BCUT2D eigenvalue weighted by atomic mass is 9.91. The van der Waals surface area contributed by atoms with Crippen molar-refractivity contribution >= 4 is 27.7 Å². The monoisotopic (exact) mass is 427 g/mol. The quantitative estimate of drug-likeness (QED) is 0.636. The van der Waals surface area contributed by atoms with E-state index in [0.717, 1.165) is 6.42 Å². The summed E-state index contributed by atoms with van der Waals surface area (Å²) in [6.45, 7) is 8.37. The molecule has 3 rings (SSSR count). The number of nitrogens with zero attached hydrogens (tertiary/aromatic N) is 1. The van der Waals surface area contributed by atoms with E-state index >= 15 is 0 Å². The fraction of sp³-hybridized carbons (Fsp3) is 0.850. The van der Waals surface area contributed by atoms with Crippen molar-refractivity contribution in [1.82, 2.24) is 14.9 Å². The van der Waals surface area contributed by atoms with Crippen molar-refractivity contribution in [1.29, 1.82) is 0 Å². The first-order valence-corrected chi connectivity index (χ1v) is 12.1. The minimum Gasteiger partial charge on any atom is -0.340 e. The maximum absolute atomic E-state index is 13.0. The number of sulfonamides is 1. The van der Waals surface area contributed by atoms with Crippen molar-refractivity contribution in [3.05, 3.63) is 0 Å². The normalized spacial score (nSPS) is 29.4. The molecule has 9 heteroatoms. The smallest absolute Gasteiger partial charge is 0.259 e. The maximum atomic E-state index is 13.0. The van der Waals surface area contributed by atoms with Crippen molar-refractivity contribution in [2.45, 2.75) is 89.5 Å².